The van der Waals surface area contributed by atoms with Crippen LogP contribution in [0.25, 0.3) is 5.76 Å². The predicted octanol–water partition coefficient (Wildman–Crippen LogP) is 6.53. The zero-order chi connectivity index (χ0) is 25.2. The van der Waals surface area contributed by atoms with Crippen molar-refractivity contribution < 1.29 is 19.4 Å². The van der Waals surface area contributed by atoms with Crippen LogP contribution in [-0.4, -0.2) is 41.0 Å². The Balaban J connectivity index is 2.07. The maximum atomic E-state index is 13.1. The quantitative estimate of drug-likeness (QED) is 0.202. The predicted molar refractivity (Wildman–Crippen MR) is 136 cm³/mol. The smallest absolute Gasteiger partial charge is 0.295 e. The summed E-state index contributed by atoms with van der Waals surface area (Å²) in [5, 5.41) is 11.7. The summed E-state index contributed by atoms with van der Waals surface area (Å²) in [7, 11) is 0. The lowest BCUT2D eigenvalue weighted by Crippen LogP contribution is -2.31. The third kappa shape index (κ3) is 5.65. The number of ether oxygens (including phenoxy) is 1. The molecule has 1 aliphatic heterocycles. The SMILES string of the molecule is CC(C)OCCCN1C(=O)C(=O)/C(=C(\O)c2ccc(Cl)c(Cl)c2)C1c1ccc(C(C)(C)C)cc1. The third-order valence-electron chi connectivity index (χ3n) is 5.82. The number of Topliss-reactive ketones (excluding diaryl/α,β-unsaturated/α-hetero) is 1. The van der Waals surface area contributed by atoms with Gasteiger partial charge in [0.05, 0.1) is 27.8 Å². The lowest BCUT2D eigenvalue weighted by atomic mass is 9.85. The van der Waals surface area contributed by atoms with Crippen molar-refractivity contribution in [3.8, 4) is 0 Å². The molecule has 0 spiro atoms. The van der Waals surface area contributed by atoms with Gasteiger partial charge in [0, 0.05) is 18.7 Å². The second-order valence-electron chi connectivity index (χ2n) is 9.77. The molecule has 0 aromatic heterocycles. The summed E-state index contributed by atoms with van der Waals surface area (Å²) in [5.41, 5.74) is 2.19. The molecule has 182 valence electrons. The number of rotatable bonds is 7. The van der Waals surface area contributed by atoms with Crippen LogP contribution >= 0.6 is 23.2 Å². The van der Waals surface area contributed by atoms with Gasteiger partial charge in [-0.3, -0.25) is 9.59 Å². The molecule has 1 atom stereocenters. The summed E-state index contributed by atoms with van der Waals surface area (Å²) in [6.07, 6.45) is 0.639. The van der Waals surface area contributed by atoms with E-state index in [1.165, 1.54) is 11.0 Å². The number of benzene rings is 2. The average molecular weight is 504 g/mol. The van der Waals surface area contributed by atoms with Crippen molar-refractivity contribution in [2.24, 2.45) is 0 Å². The number of aliphatic hydroxyl groups is 1. The number of aliphatic hydroxyl groups excluding tert-OH is 1. The Labute approximate surface area is 211 Å². The van der Waals surface area contributed by atoms with Crippen LogP contribution in [0.1, 0.15) is 63.8 Å². The zero-order valence-electron chi connectivity index (χ0n) is 20.2. The summed E-state index contributed by atoms with van der Waals surface area (Å²) in [5.74, 6) is -1.64. The van der Waals surface area contributed by atoms with E-state index in [0.29, 0.717) is 30.2 Å². The lowest BCUT2D eigenvalue weighted by molar-refractivity contribution is -0.140. The molecule has 2 aromatic carbocycles. The van der Waals surface area contributed by atoms with Crippen LogP contribution in [0, 0.1) is 0 Å². The number of nitrogens with zero attached hydrogens (tertiary/aromatic N) is 1. The van der Waals surface area contributed by atoms with Gasteiger partial charge in [-0.2, -0.15) is 0 Å². The Morgan fingerprint density at radius 2 is 1.71 bits per heavy atom. The number of carbonyl (C=O) groups excluding carboxylic acids is 2. The highest BCUT2D eigenvalue weighted by atomic mass is 35.5. The Morgan fingerprint density at radius 3 is 2.26 bits per heavy atom. The topological polar surface area (TPSA) is 66.8 Å². The van der Waals surface area contributed by atoms with Gasteiger partial charge >= 0.3 is 0 Å². The summed E-state index contributed by atoms with van der Waals surface area (Å²) >= 11 is 12.2. The molecule has 1 amide bonds. The van der Waals surface area contributed by atoms with Gasteiger partial charge in [-0.1, -0.05) is 68.2 Å². The number of halogens is 2. The molecule has 1 aliphatic rings. The van der Waals surface area contributed by atoms with Crippen LogP contribution in [0.4, 0.5) is 0 Å². The minimum absolute atomic E-state index is 0.0386. The molecule has 1 N–H and O–H groups in total. The molecule has 34 heavy (non-hydrogen) atoms. The van der Waals surface area contributed by atoms with Crippen molar-refractivity contribution in [2.75, 3.05) is 13.2 Å². The third-order valence-corrected chi connectivity index (χ3v) is 6.56. The van der Waals surface area contributed by atoms with Gasteiger partial charge in [0.2, 0.25) is 0 Å². The van der Waals surface area contributed by atoms with E-state index < -0.39 is 17.7 Å². The van der Waals surface area contributed by atoms with E-state index >= 15 is 0 Å². The van der Waals surface area contributed by atoms with Gasteiger partial charge < -0.3 is 14.7 Å². The standard InChI is InChI=1S/C27H31Cl2NO4/c1-16(2)34-14-6-13-30-23(17-7-10-19(11-8-17)27(3,4)5)22(25(32)26(30)33)24(31)18-9-12-20(28)21(29)15-18/h7-12,15-16,23,31H,6,13-14H2,1-5H3/b24-22-. The van der Waals surface area contributed by atoms with Gasteiger partial charge in [0.1, 0.15) is 5.76 Å². The van der Waals surface area contributed by atoms with E-state index in [2.05, 4.69) is 20.8 Å². The lowest BCUT2D eigenvalue weighted by Gasteiger charge is -2.26. The van der Waals surface area contributed by atoms with E-state index in [4.69, 9.17) is 27.9 Å². The van der Waals surface area contributed by atoms with E-state index in [1.807, 2.05) is 38.1 Å². The Hall–Kier alpha value is -2.34. The second kappa shape index (κ2) is 10.5. The van der Waals surface area contributed by atoms with Crippen molar-refractivity contribution in [1.29, 1.82) is 0 Å². The maximum Gasteiger partial charge on any atom is 0.295 e. The molecule has 1 heterocycles. The first-order valence-corrected chi connectivity index (χ1v) is 12.1. The number of carbonyl (C=O) groups is 2. The molecule has 3 rings (SSSR count). The van der Waals surface area contributed by atoms with Crippen LogP contribution in [0.5, 0.6) is 0 Å². The van der Waals surface area contributed by atoms with Crippen molar-refractivity contribution in [3.63, 3.8) is 0 Å². The molecule has 7 heteroatoms. The van der Waals surface area contributed by atoms with Crippen LogP contribution in [-0.2, 0) is 19.7 Å². The summed E-state index contributed by atoms with van der Waals surface area (Å²) in [4.78, 5) is 27.7. The normalized spacial score (nSPS) is 18.2. The molecule has 2 aromatic rings. The highest BCUT2D eigenvalue weighted by molar-refractivity contribution is 6.46. The molecule has 5 nitrogen and oxygen atoms in total. The van der Waals surface area contributed by atoms with E-state index in [9.17, 15) is 14.7 Å². The van der Waals surface area contributed by atoms with Crippen molar-refractivity contribution in [2.45, 2.75) is 58.6 Å². The number of likely N-dealkylation sites (tertiary alicyclic amines) is 1. The highest BCUT2D eigenvalue weighted by Crippen LogP contribution is 2.40. The molecular weight excluding hydrogens is 473 g/mol. The zero-order valence-corrected chi connectivity index (χ0v) is 21.7. The Kier molecular flexibility index (Phi) is 8.12. The van der Waals surface area contributed by atoms with Gasteiger partial charge in [-0.15, -0.1) is 0 Å². The summed E-state index contributed by atoms with van der Waals surface area (Å²) < 4.78 is 5.61. The van der Waals surface area contributed by atoms with Crippen LogP contribution in [0.3, 0.4) is 0 Å². The number of ketones is 1. The Morgan fingerprint density at radius 1 is 1.06 bits per heavy atom. The number of hydrogen-bond acceptors (Lipinski definition) is 4. The largest absolute Gasteiger partial charge is 0.507 e. The Bertz CT molecular complexity index is 1100. The fourth-order valence-electron chi connectivity index (χ4n) is 3.98. The van der Waals surface area contributed by atoms with Gasteiger partial charge in [0.15, 0.2) is 0 Å². The monoisotopic (exact) mass is 503 g/mol. The number of hydrogen-bond donors (Lipinski definition) is 1. The number of amides is 1. The molecule has 1 fully saturated rings. The van der Waals surface area contributed by atoms with Gasteiger partial charge in [-0.25, -0.2) is 0 Å². The van der Waals surface area contributed by atoms with Gasteiger partial charge in [0.25, 0.3) is 11.7 Å². The second-order valence-corrected chi connectivity index (χ2v) is 10.6. The molecule has 0 aliphatic carbocycles. The first-order chi connectivity index (χ1) is 15.9. The van der Waals surface area contributed by atoms with E-state index in [1.54, 1.807) is 12.1 Å². The fourth-order valence-corrected chi connectivity index (χ4v) is 4.27. The summed E-state index contributed by atoms with van der Waals surface area (Å²) in [6, 6.07) is 11.7. The van der Waals surface area contributed by atoms with Crippen molar-refractivity contribution in [3.05, 3.63) is 74.8 Å². The van der Waals surface area contributed by atoms with E-state index in [0.717, 1.165) is 11.1 Å². The molecule has 1 unspecified atom stereocenters. The van der Waals surface area contributed by atoms with Crippen molar-refractivity contribution in [1.82, 2.24) is 4.90 Å². The van der Waals surface area contributed by atoms with Crippen LogP contribution < -0.4 is 0 Å². The fraction of sp³-hybridized carbons (Fsp3) is 0.407. The molecule has 0 radical (unpaired) electrons. The van der Waals surface area contributed by atoms with E-state index in [-0.39, 0.29) is 27.9 Å². The van der Waals surface area contributed by atoms with Crippen molar-refractivity contribution >= 4 is 40.7 Å². The molecule has 0 bridgehead atoms. The first-order valence-electron chi connectivity index (χ1n) is 11.4. The van der Waals surface area contributed by atoms with Crippen LogP contribution in [0.2, 0.25) is 10.0 Å². The minimum Gasteiger partial charge on any atom is -0.507 e. The average Bonchev–Trinajstić information content (AvgIpc) is 3.02. The summed E-state index contributed by atoms with van der Waals surface area (Å²) in [6.45, 7) is 11.0. The van der Waals surface area contributed by atoms with Crippen LogP contribution in [0.15, 0.2) is 48.0 Å². The molecule has 1 saturated heterocycles. The van der Waals surface area contributed by atoms with Gasteiger partial charge in [-0.05, 0) is 55.0 Å². The first kappa shape index (κ1) is 26.3. The molecular formula is C27H31Cl2NO4. The highest BCUT2D eigenvalue weighted by Gasteiger charge is 2.45. The maximum absolute atomic E-state index is 13.1. The minimum atomic E-state index is -0.724. The molecule has 0 saturated carbocycles.